The standard InChI is InChI=1S/C36H37ClF2N10OS/c1-46(17-20-15-42-20)26-16-43-49-12-4-9-47(18-27(26)49)34-22-13-24(37)29(21-5-6-25(38)32-28(21)23(14-40)33(41)51-32)30(39)31(22)44-35(45-34)50-19-36-7-2-10-48(36)11-3-8-36/h5-6,13,16,20,42H,2-4,7-12,15,17-19,41H2,1H3. The number of ether oxygens (including phenoxy) is 1. The van der Waals surface area contributed by atoms with Crippen LogP contribution in [-0.2, 0) is 13.1 Å². The molecule has 0 saturated carbocycles. The molecule has 0 bridgehead atoms. The Labute approximate surface area is 302 Å². The van der Waals surface area contributed by atoms with Gasteiger partial charge in [0.1, 0.15) is 34.8 Å². The molecule has 3 saturated heterocycles. The topological polar surface area (TPSA) is 134 Å². The highest BCUT2D eigenvalue weighted by Gasteiger charge is 2.45. The van der Waals surface area contributed by atoms with Crippen LogP contribution < -0.4 is 25.6 Å². The van der Waals surface area contributed by atoms with E-state index in [0.29, 0.717) is 36.9 Å². The van der Waals surface area contributed by atoms with Crippen LogP contribution in [0.5, 0.6) is 6.01 Å². The van der Waals surface area contributed by atoms with Crippen molar-refractivity contribution < 1.29 is 13.5 Å². The number of benzene rings is 2. The molecule has 4 aliphatic rings. The van der Waals surface area contributed by atoms with Crippen molar-refractivity contribution in [1.29, 1.82) is 5.26 Å². The molecule has 0 radical (unpaired) electrons. The van der Waals surface area contributed by atoms with Crippen molar-refractivity contribution >= 4 is 60.4 Å². The molecule has 3 aromatic heterocycles. The van der Waals surface area contributed by atoms with Crippen molar-refractivity contribution in [3.05, 3.63) is 52.3 Å². The largest absolute Gasteiger partial charge is 0.461 e. The van der Waals surface area contributed by atoms with Crippen LogP contribution in [0.4, 0.5) is 25.3 Å². The number of rotatable bonds is 8. The van der Waals surface area contributed by atoms with Gasteiger partial charge < -0.3 is 25.6 Å². The maximum absolute atomic E-state index is 17.2. The van der Waals surface area contributed by atoms with Crippen LogP contribution in [0.15, 0.2) is 24.4 Å². The molecule has 11 nitrogen and oxygen atoms in total. The summed E-state index contributed by atoms with van der Waals surface area (Å²) in [6, 6.07) is 6.99. The number of nitrogens with zero attached hydrogens (tertiary/aromatic N) is 8. The Bertz CT molecular complexity index is 2240. The highest BCUT2D eigenvalue weighted by atomic mass is 35.5. The second-order valence-corrected chi connectivity index (χ2v) is 15.7. The number of halogens is 3. The monoisotopic (exact) mass is 730 g/mol. The number of hydrogen-bond acceptors (Lipinski definition) is 11. The number of nitriles is 1. The fourth-order valence-electron chi connectivity index (χ4n) is 8.45. The summed E-state index contributed by atoms with van der Waals surface area (Å²) in [5, 5.41) is 19.0. The quantitative estimate of drug-likeness (QED) is 0.185. The number of anilines is 3. The lowest BCUT2D eigenvalue weighted by atomic mass is 9.95. The molecule has 3 fully saturated rings. The molecule has 1 unspecified atom stereocenters. The minimum absolute atomic E-state index is 0.0157. The third-order valence-corrected chi connectivity index (χ3v) is 12.4. The van der Waals surface area contributed by atoms with Crippen molar-refractivity contribution in [1.82, 2.24) is 30.0 Å². The van der Waals surface area contributed by atoms with Gasteiger partial charge in [-0.15, -0.1) is 11.3 Å². The summed E-state index contributed by atoms with van der Waals surface area (Å²) in [5.74, 6) is -0.731. The highest BCUT2D eigenvalue weighted by Crippen LogP contribution is 2.46. The molecule has 3 N–H and O–H groups in total. The normalized spacial score (nSPS) is 19.7. The Morgan fingerprint density at radius 2 is 1.98 bits per heavy atom. The van der Waals surface area contributed by atoms with Crippen LogP contribution in [0, 0.1) is 23.0 Å². The van der Waals surface area contributed by atoms with E-state index in [0.717, 1.165) is 87.5 Å². The number of hydrogen-bond donors (Lipinski definition) is 2. The second kappa shape index (κ2) is 12.4. The predicted octanol–water partition coefficient (Wildman–Crippen LogP) is 5.92. The summed E-state index contributed by atoms with van der Waals surface area (Å²) >= 11 is 7.93. The van der Waals surface area contributed by atoms with Crippen LogP contribution in [0.2, 0.25) is 5.02 Å². The van der Waals surface area contributed by atoms with E-state index >= 15 is 8.78 Å². The molecular formula is C36H37ClF2N10OS. The van der Waals surface area contributed by atoms with Crippen molar-refractivity contribution in [2.75, 3.05) is 61.9 Å². The van der Waals surface area contributed by atoms with Gasteiger partial charge in [0, 0.05) is 55.6 Å². The highest BCUT2D eigenvalue weighted by molar-refractivity contribution is 7.23. The summed E-state index contributed by atoms with van der Waals surface area (Å²) < 4.78 is 40.9. The minimum Gasteiger partial charge on any atom is -0.461 e. The molecule has 7 heterocycles. The average molecular weight is 731 g/mol. The van der Waals surface area contributed by atoms with Gasteiger partial charge in [-0.25, -0.2) is 8.78 Å². The molecule has 0 spiro atoms. The molecule has 2 aromatic carbocycles. The molecule has 9 rings (SSSR count). The van der Waals surface area contributed by atoms with E-state index < -0.39 is 11.6 Å². The van der Waals surface area contributed by atoms with E-state index in [2.05, 4.69) is 33.1 Å². The van der Waals surface area contributed by atoms with Gasteiger partial charge >= 0.3 is 6.01 Å². The molecule has 0 aliphatic carbocycles. The molecule has 5 aromatic rings. The molecule has 1 atom stereocenters. The number of fused-ring (bicyclic) bond motifs is 4. The summed E-state index contributed by atoms with van der Waals surface area (Å²) in [6.45, 7) is 6.23. The van der Waals surface area contributed by atoms with Gasteiger partial charge in [0.15, 0.2) is 5.82 Å². The van der Waals surface area contributed by atoms with Gasteiger partial charge in [0.25, 0.3) is 0 Å². The first kappa shape index (κ1) is 32.6. The van der Waals surface area contributed by atoms with Crippen molar-refractivity contribution in [2.45, 2.75) is 56.8 Å². The van der Waals surface area contributed by atoms with Gasteiger partial charge in [0.05, 0.1) is 44.9 Å². The number of aryl methyl sites for hydroxylation is 1. The lowest BCUT2D eigenvalue weighted by Crippen LogP contribution is -2.43. The van der Waals surface area contributed by atoms with Crippen LogP contribution in [0.1, 0.15) is 43.4 Å². The van der Waals surface area contributed by atoms with Crippen molar-refractivity contribution in [3.8, 4) is 23.2 Å². The molecule has 0 amide bonds. The van der Waals surface area contributed by atoms with E-state index in [1.807, 2.05) is 10.9 Å². The van der Waals surface area contributed by atoms with Crippen molar-refractivity contribution in [3.63, 3.8) is 0 Å². The van der Waals surface area contributed by atoms with Gasteiger partial charge in [-0.3, -0.25) is 9.58 Å². The smallest absolute Gasteiger partial charge is 0.319 e. The summed E-state index contributed by atoms with van der Waals surface area (Å²) in [4.78, 5) is 16.6. The number of nitrogens with two attached hydrogens (primary N) is 1. The molecular weight excluding hydrogens is 694 g/mol. The average Bonchev–Trinajstić information content (AvgIpc) is 3.40. The Morgan fingerprint density at radius 1 is 1.18 bits per heavy atom. The fourth-order valence-corrected chi connectivity index (χ4v) is 9.69. The molecule has 51 heavy (non-hydrogen) atoms. The van der Waals surface area contributed by atoms with Gasteiger partial charge in [-0.1, -0.05) is 17.7 Å². The van der Waals surface area contributed by atoms with E-state index in [-0.39, 0.29) is 53.9 Å². The Kier molecular flexibility index (Phi) is 7.95. The maximum atomic E-state index is 17.2. The van der Waals surface area contributed by atoms with E-state index in [1.165, 1.54) is 12.1 Å². The van der Waals surface area contributed by atoms with E-state index in [4.69, 9.17) is 37.1 Å². The van der Waals surface area contributed by atoms with Crippen LogP contribution in [0.25, 0.3) is 32.1 Å². The summed E-state index contributed by atoms with van der Waals surface area (Å²) in [7, 11) is 2.08. The number of nitrogens with one attached hydrogen (secondary N) is 1. The van der Waals surface area contributed by atoms with Crippen LogP contribution >= 0.6 is 22.9 Å². The number of likely N-dealkylation sites (N-methyl/N-ethyl adjacent to an activating group) is 1. The Balaban J connectivity index is 1.19. The first-order valence-corrected chi connectivity index (χ1v) is 18.7. The molecule has 4 aliphatic heterocycles. The predicted molar refractivity (Wildman–Crippen MR) is 196 cm³/mol. The summed E-state index contributed by atoms with van der Waals surface area (Å²) in [6.07, 6.45) is 7.01. The SMILES string of the molecule is CN(CC1CN1)c1cnn2c1CN(c1nc(OCC34CCCN3CCC4)nc3c(F)c(-c4ccc(F)c5sc(N)c(C#N)c45)c(Cl)cc13)CCC2. The maximum Gasteiger partial charge on any atom is 0.319 e. The van der Waals surface area contributed by atoms with Crippen molar-refractivity contribution in [2.24, 2.45) is 0 Å². The van der Waals surface area contributed by atoms with Gasteiger partial charge in [-0.05, 0) is 62.9 Å². The number of nitrogen functional groups attached to an aromatic ring is 1. The minimum atomic E-state index is -0.702. The third kappa shape index (κ3) is 5.44. The molecule has 264 valence electrons. The Morgan fingerprint density at radius 3 is 2.75 bits per heavy atom. The van der Waals surface area contributed by atoms with E-state index in [9.17, 15) is 5.26 Å². The first-order chi connectivity index (χ1) is 24.7. The number of thiophene rings is 1. The van der Waals surface area contributed by atoms with Crippen LogP contribution in [-0.4, -0.2) is 82.6 Å². The third-order valence-electron chi connectivity index (χ3n) is 11.1. The summed E-state index contributed by atoms with van der Waals surface area (Å²) in [5.41, 5.74) is 8.56. The van der Waals surface area contributed by atoms with Gasteiger partial charge in [0.2, 0.25) is 0 Å². The first-order valence-electron chi connectivity index (χ1n) is 17.5. The van der Waals surface area contributed by atoms with E-state index in [1.54, 1.807) is 6.07 Å². The lowest BCUT2D eigenvalue weighted by molar-refractivity contribution is 0.108. The zero-order chi connectivity index (χ0) is 35.0. The zero-order valence-electron chi connectivity index (χ0n) is 28.2. The number of aromatic nitrogens is 4. The lowest BCUT2D eigenvalue weighted by Gasteiger charge is -2.31. The van der Waals surface area contributed by atoms with Gasteiger partial charge in [-0.2, -0.15) is 20.3 Å². The second-order valence-electron chi connectivity index (χ2n) is 14.2. The Hall–Kier alpha value is -4.29. The zero-order valence-corrected chi connectivity index (χ0v) is 29.8. The van der Waals surface area contributed by atoms with Crippen LogP contribution in [0.3, 0.4) is 0 Å². The fraction of sp³-hybridized carbons (Fsp3) is 0.444. The molecule has 15 heteroatoms.